The average molecular weight is 271 g/mol. The van der Waals surface area contributed by atoms with Crippen LogP contribution in [-0.4, -0.2) is 22.1 Å². The molecule has 17 heavy (non-hydrogen) atoms. The molecule has 1 aromatic carbocycles. The van der Waals surface area contributed by atoms with Crippen LogP contribution in [0.5, 0.6) is 0 Å². The number of nitrogens with zero attached hydrogens (tertiary/aromatic N) is 1. The summed E-state index contributed by atoms with van der Waals surface area (Å²) in [6.07, 6.45) is 0. The van der Waals surface area contributed by atoms with Crippen LogP contribution in [0.25, 0.3) is 0 Å². The predicted molar refractivity (Wildman–Crippen MR) is 79.8 cm³/mol. The number of benzene rings is 1. The molecule has 0 aliphatic rings. The molecule has 0 bridgehead atoms. The second kappa shape index (κ2) is 6.22. The van der Waals surface area contributed by atoms with Crippen LogP contribution < -0.4 is 5.32 Å². The zero-order valence-electron chi connectivity index (χ0n) is 10.7. The minimum absolute atomic E-state index is 0.359. The fourth-order valence-corrected chi connectivity index (χ4v) is 2.52. The smallest absolute Gasteiger partial charge is 0.173 e. The highest BCUT2D eigenvalue weighted by Crippen LogP contribution is 2.21. The molecule has 0 unspecified atom stereocenters. The first-order chi connectivity index (χ1) is 7.93. The number of hydrogen-bond acceptors (Lipinski definition) is 1. The molecule has 1 rings (SSSR count). The van der Waals surface area contributed by atoms with Gasteiger partial charge < -0.3 is 10.2 Å². The van der Waals surface area contributed by atoms with Crippen molar-refractivity contribution < 1.29 is 0 Å². The molecular weight excluding hydrogens is 252 g/mol. The van der Waals surface area contributed by atoms with Crippen LogP contribution >= 0.6 is 23.8 Å². The van der Waals surface area contributed by atoms with E-state index in [1.807, 2.05) is 24.3 Å². The second-order valence-electron chi connectivity index (χ2n) is 4.50. The topological polar surface area (TPSA) is 15.3 Å². The molecule has 1 N–H and O–H groups in total. The van der Waals surface area contributed by atoms with Gasteiger partial charge in [0.25, 0.3) is 0 Å². The minimum atomic E-state index is 0.359. The van der Waals surface area contributed by atoms with Crippen molar-refractivity contribution >= 4 is 34.6 Å². The molecule has 0 aromatic heterocycles. The van der Waals surface area contributed by atoms with Crippen molar-refractivity contribution in [2.75, 3.05) is 5.32 Å². The van der Waals surface area contributed by atoms with Gasteiger partial charge in [0.05, 0.1) is 10.7 Å². The molecule has 0 radical (unpaired) electrons. The van der Waals surface area contributed by atoms with Gasteiger partial charge in [-0.1, -0.05) is 23.7 Å². The van der Waals surface area contributed by atoms with E-state index in [1.54, 1.807) is 0 Å². The van der Waals surface area contributed by atoms with Crippen LogP contribution in [0.3, 0.4) is 0 Å². The quantitative estimate of drug-likeness (QED) is 0.831. The van der Waals surface area contributed by atoms with Gasteiger partial charge in [-0.3, -0.25) is 0 Å². The zero-order valence-corrected chi connectivity index (χ0v) is 12.3. The second-order valence-corrected chi connectivity index (χ2v) is 5.30. The van der Waals surface area contributed by atoms with Crippen LogP contribution in [0.1, 0.15) is 27.7 Å². The van der Waals surface area contributed by atoms with Gasteiger partial charge in [0.1, 0.15) is 0 Å². The predicted octanol–water partition coefficient (Wildman–Crippen LogP) is 4.16. The Hall–Kier alpha value is -0.800. The average Bonchev–Trinajstić information content (AvgIpc) is 2.20. The molecule has 0 fully saturated rings. The van der Waals surface area contributed by atoms with Crippen molar-refractivity contribution in [1.82, 2.24) is 4.90 Å². The van der Waals surface area contributed by atoms with Gasteiger partial charge in [-0.15, -0.1) is 0 Å². The number of thiocarbonyl (C=S) groups is 1. The van der Waals surface area contributed by atoms with Crippen molar-refractivity contribution in [2.24, 2.45) is 0 Å². The largest absolute Gasteiger partial charge is 0.344 e. The SMILES string of the molecule is CC(C)N(C(=S)Nc1ccccc1Cl)C(C)C. The van der Waals surface area contributed by atoms with E-state index in [9.17, 15) is 0 Å². The summed E-state index contributed by atoms with van der Waals surface area (Å²) in [5, 5.41) is 4.59. The Morgan fingerprint density at radius 2 is 1.71 bits per heavy atom. The highest BCUT2D eigenvalue weighted by Gasteiger charge is 2.17. The number of anilines is 1. The van der Waals surface area contributed by atoms with E-state index >= 15 is 0 Å². The van der Waals surface area contributed by atoms with E-state index in [-0.39, 0.29) is 0 Å². The Kier molecular flexibility index (Phi) is 5.22. The molecule has 94 valence electrons. The van der Waals surface area contributed by atoms with Crippen LogP contribution in [0.2, 0.25) is 5.02 Å². The summed E-state index contributed by atoms with van der Waals surface area (Å²) in [5.74, 6) is 0. The third-order valence-electron chi connectivity index (χ3n) is 2.46. The maximum Gasteiger partial charge on any atom is 0.173 e. The number of para-hydroxylation sites is 1. The third kappa shape index (κ3) is 3.86. The van der Waals surface area contributed by atoms with Gasteiger partial charge in [-0.25, -0.2) is 0 Å². The lowest BCUT2D eigenvalue weighted by molar-refractivity contribution is 0.296. The van der Waals surface area contributed by atoms with Crippen LogP contribution in [-0.2, 0) is 0 Å². The maximum atomic E-state index is 6.09. The van der Waals surface area contributed by atoms with Gasteiger partial charge in [0.2, 0.25) is 0 Å². The molecule has 0 aliphatic carbocycles. The standard InChI is InChI=1S/C13H19ClN2S/c1-9(2)16(10(3)4)13(17)15-12-8-6-5-7-11(12)14/h5-10H,1-4H3,(H,15,17). The highest BCUT2D eigenvalue weighted by atomic mass is 35.5. The van der Waals surface area contributed by atoms with Crippen LogP contribution in [0.4, 0.5) is 5.69 Å². The number of halogens is 1. The van der Waals surface area contributed by atoms with Crippen molar-refractivity contribution in [3.8, 4) is 0 Å². The zero-order chi connectivity index (χ0) is 13.0. The number of rotatable bonds is 3. The fraction of sp³-hybridized carbons (Fsp3) is 0.462. The Labute approximate surface area is 114 Å². The number of hydrogen-bond donors (Lipinski definition) is 1. The Morgan fingerprint density at radius 3 is 2.18 bits per heavy atom. The molecule has 2 nitrogen and oxygen atoms in total. The summed E-state index contributed by atoms with van der Waals surface area (Å²) in [4.78, 5) is 2.15. The molecule has 1 aromatic rings. The lowest BCUT2D eigenvalue weighted by Gasteiger charge is -2.33. The Bertz CT molecular complexity index is 383. The third-order valence-corrected chi connectivity index (χ3v) is 3.11. The van der Waals surface area contributed by atoms with Crippen molar-refractivity contribution in [1.29, 1.82) is 0 Å². The van der Waals surface area contributed by atoms with Crippen molar-refractivity contribution in [3.05, 3.63) is 29.3 Å². The van der Waals surface area contributed by atoms with Gasteiger partial charge >= 0.3 is 0 Å². The Morgan fingerprint density at radius 1 is 1.18 bits per heavy atom. The maximum absolute atomic E-state index is 6.09. The Balaban J connectivity index is 2.81. The normalized spacial score (nSPS) is 10.8. The summed E-state index contributed by atoms with van der Waals surface area (Å²) >= 11 is 11.5. The lowest BCUT2D eigenvalue weighted by Crippen LogP contribution is -2.44. The minimum Gasteiger partial charge on any atom is -0.344 e. The summed E-state index contributed by atoms with van der Waals surface area (Å²) in [6.45, 7) is 8.50. The first-order valence-electron chi connectivity index (χ1n) is 5.77. The van der Waals surface area contributed by atoms with E-state index < -0.39 is 0 Å². The summed E-state index contributed by atoms with van der Waals surface area (Å²) in [6, 6.07) is 8.33. The molecular formula is C13H19ClN2S. The lowest BCUT2D eigenvalue weighted by atomic mass is 10.2. The molecule has 0 aliphatic heterocycles. The number of nitrogens with one attached hydrogen (secondary N) is 1. The molecule has 0 spiro atoms. The fourth-order valence-electron chi connectivity index (χ4n) is 1.81. The summed E-state index contributed by atoms with van der Waals surface area (Å²) in [5.41, 5.74) is 0.852. The van der Waals surface area contributed by atoms with Gasteiger partial charge in [-0.2, -0.15) is 0 Å². The van der Waals surface area contributed by atoms with Gasteiger partial charge in [0.15, 0.2) is 5.11 Å². The molecule has 0 heterocycles. The highest BCUT2D eigenvalue weighted by molar-refractivity contribution is 7.80. The van der Waals surface area contributed by atoms with E-state index in [4.69, 9.17) is 23.8 Å². The van der Waals surface area contributed by atoms with E-state index in [2.05, 4.69) is 37.9 Å². The van der Waals surface area contributed by atoms with Crippen LogP contribution in [0.15, 0.2) is 24.3 Å². The molecule has 4 heteroatoms. The van der Waals surface area contributed by atoms with Crippen molar-refractivity contribution in [3.63, 3.8) is 0 Å². The molecule has 0 saturated carbocycles. The monoisotopic (exact) mass is 270 g/mol. The summed E-state index contributed by atoms with van der Waals surface area (Å²) in [7, 11) is 0. The van der Waals surface area contributed by atoms with Gasteiger partial charge in [-0.05, 0) is 52.0 Å². The molecule has 0 amide bonds. The van der Waals surface area contributed by atoms with Gasteiger partial charge in [0, 0.05) is 12.1 Å². The van der Waals surface area contributed by atoms with E-state index in [1.165, 1.54) is 0 Å². The first-order valence-corrected chi connectivity index (χ1v) is 6.56. The van der Waals surface area contributed by atoms with E-state index in [0.717, 1.165) is 5.69 Å². The molecule has 0 atom stereocenters. The van der Waals surface area contributed by atoms with E-state index in [0.29, 0.717) is 22.2 Å². The van der Waals surface area contributed by atoms with Crippen molar-refractivity contribution in [2.45, 2.75) is 39.8 Å². The van der Waals surface area contributed by atoms with Crippen LogP contribution in [0, 0.1) is 0 Å². The molecule has 0 saturated heterocycles. The summed E-state index contributed by atoms with van der Waals surface area (Å²) < 4.78 is 0. The first kappa shape index (κ1) is 14.3.